The lowest BCUT2D eigenvalue weighted by Crippen LogP contribution is -2.43. The maximum Gasteiger partial charge on any atom is 0.339 e. The molecule has 1 heterocycles. The van der Waals surface area contributed by atoms with Crippen LogP contribution in [0.5, 0.6) is 11.5 Å². The summed E-state index contributed by atoms with van der Waals surface area (Å²) >= 11 is 1.14. The van der Waals surface area contributed by atoms with Crippen LogP contribution in [0.25, 0.3) is 0 Å². The molecule has 1 aromatic carbocycles. The molecule has 0 aliphatic carbocycles. The van der Waals surface area contributed by atoms with Crippen molar-refractivity contribution in [2.24, 2.45) is 0 Å². The number of carbonyl (C=O) groups is 3. The highest BCUT2D eigenvalue weighted by molar-refractivity contribution is 7.98. The SMILES string of the molecule is Cc1c(O)cc(O)c2c1C(=O)O[C@H](C)CC(=O)N[C@H](C(=O)O)CSC2. The summed E-state index contributed by atoms with van der Waals surface area (Å²) in [6.45, 7) is 3.02. The summed E-state index contributed by atoms with van der Waals surface area (Å²) in [5.41, 5.74) is 0.542. The first-order valence-corrected chi connectivity index (χ1v) is 8.71. The Morgan fingerprint density at radius 2 is 2.00 bits per heavy atom. The molecule has 0 bridgehead atoms. The Morgan fingerprint density at radius 1 is 1.32 bits per heavy atom. The highest BCUT2D eigenvalue weighted by Gasteiger charge is 2.27. The van der Waals surface area contributed by atoms with E-state index in [1.807, 2.05) is 0 Å². The average molecular weight is 369 g/mol. The normalized spacial score (nSPS) is 22.0. The van der Waals surface area contributed by atoms with Crippen LogP contribution in [0, 0.1) is 6.92 Å². The molecule has 0 saturated heterocycles. The summed E-state index contributed by atoms with van der Waals surface area (Å²) in [5.74, 6) is -2.81. The van der Waals surface area contributed by atoms with Gasteiger partial charge >= 0.3 is 11.9 Å². The highest BCUT2D eigenvalue weighted by atomic mass is 32.2. The molecule has 2 atom stereocenters. The Balaban J connectivity index is 2.44. The number of phenolic OH excluding ortho intramolecular Hbond substituents is 2. The molecule has 1 aromatic rings. The predicted octanol–water partition coefficient (Wildman–Crippen LogP) is 1.16. The molecule has 0 unspecified atom stereocenters. The number of carboxylic acids is 1. The molecule has 0 saturated carbocycles. The van der Waals surface area contributed by atoms with Gasteiger partial charge in [0, 0.05) is 28.7 Å². The van der Waals surface area contributed by atoms with E-state index in [9.17, 15) is 29.7 Å². The third kappa shape index (κ3) is 4.36. The number of benzene rings is 1. The number of rotatable bonds is 1. The van der Waals surface area contributed by atoms with Crippen LogP contribution in [0.2, 0.25) is 0 Å². The minimum atomic E-state index is -1.17. The highest BCUT2D eigenvalue weighted by Crippen LogP contribution is 2.35. The lowest BCUT2D eigenvalue weighted by molar-refractivity contribution is -0.141. The second kappa shape index (κ2) is 7.64. The zero-order chi connectivity index (χ0) is 18.7. The monoisotopic (exact) mass is 369 g/mol. The van der Waals surface area contributed by atoms with Crippen LogP contribution in [-0.4, -0.2) is 51.1 Å². The fourth-order valence-corrected chi connectivity index (χ4v) is 3.56. The zero-order valence-electron chi connectivity index (χ0n) is 13.7. The molecule has 0 radical (unpaired) electrons. The van der Waals surface area contributed by atoms with Gasteiger partial charge < -0.3 is 25.4 Å². The van der Waals surface area contributed by atoms with Crippen LogP contribution in [0.4, 0.5) is 0 Å². The van der Waals surface area contributed by atoms with E-state index in [0.717, 1.165) is 17.8 Å². The van der Waals surface area contributed by atoms with Crippen molar-refractivity contribution >= 4 is 29.6 Å². The smallest absolute Gasteiger partial charge is 0.339 e. The summed E-state index contributed by atoms with van der Waals surface area (Å²) in [6.07, 6.45) is -0.995. The molecule has 0 fully saturated rings. The minimum Gasteiger partial charge on any atom is -0.508 e. The van der Waals surface area contributed by atoms with Crippen molar-refractivity contribution in [2.45, 2.75) is 38.2 Å². The van der Waals surface area contributed by atoms with E-state index in [4.69, 9.17) is 4.74 Å². The van der Waals surface area contributed by atoms with Crippen LogP contribution >= 0.6 is 11.8 Å². The van der Waals surface area contributed by atoms with Gasteiger partial charge in [0.05, 0.1) is 12.0 Å². The van der Waals surface area contributed by atoms with Crippen molar-refractivity contribution in [1.82, 2.24) is 5.32 Å². The summed E-state index contributed by atoms with van der Waals surface area (Å²) in [5, 5.41) is 31.6. The van der Waals surface area contributed by atoms with Crippen molar-refractivity contribution in [3.63, 3.8) is 0 Å². The second-order valence-corrected chi connectivity index (χ2v) is 6.82. The maximum atomic E-state index is 12.5. The number of nitrogens with one attached hydrogen (secondary N) is 1. The molecular weight excluding hydrogens is 350 g/mol. The number of cyclic esters (lactones) is 1. The Hall–Kier alpha value is -2.42. The fourth-order valence-electron chi connectivity index (χ4n) is 2.48. The second-order valence-electron chi connectivity index (χ2n) is 5.79. The molecule has 4 N–H and O–H groups in total. The molecule has 25 heavy (non-hydrogen) atoms. The Morgan fingerprint density at radius 3 is 2.64 bits per heavy atom. The molecule has 0 spiro atoms. The predicted molar refractivity (Wildman–Crippen MR) is 89.7 cm³/mol. The third-order valence-corrected chi connectivity index (χ3v) is 4.85. The Kier molecular flexibility index (Phi) is 5.78. The maximum absolute atomic E-state index is 12.5. The first-order chi connectivity index (χ1) is 11.7. The lowest BCUT2D eigenvalue weighted by Gasteiger charge is -2.21. The number of aromatic hydroxyl groups is 2. The molecular formula is C16H19NO7S. The van der Waals surface area contributed by atoms with Gasteiger partial charge in [0.2, 0.25) is 5.91 Å². The lowest BCUT2D eigenvalue weighted by atomic mass is 10.0. The number of esters is 1. The molecule has 2 rings (SSSR count). The average Bonchev–Trinajstić information content (AvgIpc) is 2.49. The van der Waals surface area contributed by atoms with Crippen molar-refractivity contribution in [1.29, 1.82) is 0 Å². The topological polar surface area (TPSA) is 133 Å². The molecule has 1 aliphatic rings. The third-order valence-electron chi connectivity index (χ3n) is 3.79. The Labute approximate surface area is 148 Å². The van der Waals surface area contributed by atoms with Crippen molar-refractivity contribution < 1.29 is 34.4 Å². The van der Waals surface area contributed by atoms with E-state index >= 15 is 0 Å². The molecule has 136 valence electrons. The van der Waals surface area contributed by atoms with Gasteiger partial charge in [-0.05, 0) is 13.8 Å². The van der Waals surface area contributed by atoms with E-state index in [1.165, 1.54) is 13.8 Å². The summed E-state index contributed by atoms with van der Waals surface area (Å²) in [7, 11) is 0. The summed E-state index contributed by atoms with van der Waals surface area (Å²) < 4.78 is 5.23. The number of phenols is 2. The molecule has 1 aliphatic heterocycles. The number of hydrogen-bond donors (Lipinski definition) is 4. The quantitative estimate of drug-likeness (QED) is 0.542. The van der Waals surface area contributed by atoms with E-state index in [2.05, 4.69) is 5.32 Å². The number of thioether (sulfide) groups is 1. The number of carboxylic acid groups (broad SMARTS) is 1. The van der Waals surface area contributed by atoms with E-state index in [-0.39, 0.29) is 46.1 Å². The molecule has 0 aromatic heterocycles. The molecule has 8 nitrogen and oxygen atoms in total. The van der Waals surface area contributed by atoms with Crippen molar-refractivity contribution in [3.8, 4) is 11.5 Å². The van der Waals surface area contributed by atoms with E-state index < -0.39 is 30.0 Å². The van der Waals surface area contributed by atoms with Crippen molar-refractivity contribution in [2.75, 3.05) is 5.75 Å². The van der Waals surface area contributed by atoms with Gasteiger partial charge in [-0.1, -0.05) is 0 Å². The van der Waals surface area contributed by atoms with Gasteiger partial charge in [-0.3, -0.25) is 4.79 Å². The summed E-state index contributed by atoms with van der Waals surface area (Å²) in [4.78, 5) is 35.6. The van der Waals surface area contributed by atoms with Crippen LogP contribution in [0.15, 0.2) is 6.07 Å². The van der Waals surface area contributed by atoms with E-state index in [1.54, 1.807) is 0 Å². The zero-order valence-corrected chi connectivity index (χ0v) is 14.6. The number of hydrogen-bond acceptors (Lipinski definition) is 7. The van der Waals surface area contributed by atoms with Gasteiger partial charge in [0.1, 0.15) is 23.6 Å². The van der Waals surface area contributed by atoms with Gasteiger partial charge in [0.15, 0.2) is 0 Å². The first kappa shape index (κ1) is 18.9. The van der Waals surface area contributed by atoms with Crippen LogP contribution in [0.1, 0.15) is 34.8 Å². The summed E-state index contributed by atoms with van der Waals surface area (Å²) in [6, 6.07) is 0.0388. The van der Waals surface area contributed by atoms with Gasteiger partial charge in [-0.25, -0.2) is 9.59 Å². The standard InChI is InChI=1S/C16H19NO7S/c1-7-3-13(20)17-10(15(21)22)6-25-5-9-12(19)4-11(18)8(2)14(9)16(23)24-7/h4,7,10,18-19H,3,5-6H2,1-2H3,(H,17,20)(H,21,22)/t7-,10+/m1/s1. The van der Waals surface area contributed by atoms with Crippen LogP contribution < -0.4 is 5.32 Å². The molecule has 9 heteroatoms. The number of fused-ring (bicyclic) bond motifs is 1. The van der Waals surface area contributed by atoms with E-state index in [0.29, 0.717) is 0 Å². The Bertz CT molecular complexity index is 719. The van der Waals surface area contributed by atoms with Crippen LogP contribution in [-0.2, 0) is 20.1 Å². The largest absolute Gasteiger partial charge is 0.508 e. The minimum absolute atomic E-state index is 0.0321. The van der Waals surface area contributed by atoms with Gasteiger partial charge in [0.25, 0.3) is 0 Å². The number of ether oxygens (including phenoxy) is 1. The van der Waals surface area contributed by atoms with Crippen LogP contribution in [0.3, 0.4) is 0 Å². The fraction of sp³-hybridized carbons (Fsp3) is 0.438. The number of aliphatic carboxylic acids is 1. The number of amides is 1. The van der Waals surface area contributed by atoms with Gasteiger partial charge in [-0.2, -0.15) is 11.8 Å². The van der Waals surface area contributed by atoms with Gasteiger partial charge in [-0.15, -0.1) is 0 Å². The number of carbonyl (C=O) groups excluding carboxylic acids is 2. The first-order valence-electron chi connectivity index (χ1n) is 7.56. The van der Waals surface area contributed by atoms with Crippen molar-refractivity contribution in [3.05, 3.63) is 22.8 Å². The molecule has 1 amide bonds.